The van der Waals surface area contributed by atoms with Gasteiger partial charge in [0.15, 0.2) is 0 Å². The number of hydrogen-bond donors (Lipinski definition) is 6. The molecule has 5 nitrogen and oxygen atoms in total. The second-order valence-electron chi connectivity index (χ2n) is 4.48. The molecule has 0 spiro atoms. The number of benzene rings is 1. The molecule has 0 aromatic heterocycles. The molecule has 0 aliphatic rings. The van der Waals surface area contributed by atoms with E-state index >= 15 is 0 Å². The van der Waals surface area contributed by atoms with Crippen molar-refractivity contribution < 1.29 is 25.5 Å². The minimum atomic E-state index is -1.58. The van der Waals surface area contributed by atoms with Gasteiger partial charge in [-0.25, -0.2) is 0 Å². The van der Waals surface area contributed by atoms with E-state index in [2.05, 4.69) is 12.6 Å². The van der Waals surface area contributed by atoms with Gasteiger partial charge in [0.1, 0.15) is 12.2 Å². The molecule has 5 atom stereocenters. The molecule has 1 aromatic carbocycles. The van der Waals surface area contributed by atoms with Crippen molar-refractivity contribution in [2.45, 2.75) is 36.1 Å². The average molecular weight is 288 g/mol. The third kappa shape index (κ3) is 4.76. The zero-order valence-electron chi connectivity index (χ0n) is 10.4. The molecule has 0 aliphatic carbocycles. The molecular formula is C13H20O5S. The number of rotatable bonds is 7. The van der Waals surface area contributed by atoms with E-state index in [4.69, 9.17) is 5.11 Å². The third-order valence-electron chi connectivity index (χ3n) is 2.96. The Balaban J connectivity index is 2.58. The van der Waals surface area contributed by atoms with E-state index in [0.717, 1.165) is 5.56 Å². The van der Waals surface area contributed by atoms with Gasteiger partial charge < -0.3 is 25.5 Å². The van der Waals surface area contributed by atoms with Gasteiger partial charge in [0.25, 0.3) is 0 Å². The van der Waals surface area contributed by atoms with Crippen LogP contribution in [0.15, 0.2) is 30.3 Å². The van der Waals surface area contributed by atoms with Crippen LogP contribution in [-0.2, 0) is 6.42 Å². The zero-order valence-corrected chi connectivity index (χ0v) is 11.3. The van der Waals surface area contributed by atoms with Crippen LogP contribution in [0.25, 0.3) is 0 Å². The standard InChI is InChI=1S/C13H20O5S/c14-7-10(19)12(17)13(18)11(16)9(15)6-8-4-2-1-3-5-8/h1-5,9-19H,6-7H2/t9?,10-,11+,12-,13-/m1/s1. The van der Waals surface area contributed by atoms with Crippen molar-refractivity contribution in [3.8, 4) is 0 Å². The normalized spacial score (nSPS) is 19.5. The molecule has 0 saturated heterocycles. The summed E-state index contributed by atoms with van der Waals surface area (Å²) in [7, 11) is 0. The largest absolute Gasteiger partial charge is 0.395 e. The molecule has 0 saturated carbocycles. The molecule has 0 bridgehead atoms. The smallest absolute Gasteiger partial charge is 0.109 e. The summed E-state index contributed by atoms with van der Waals surface area (Å²) < 4.78 is 0. The minimum absolute atomic E-state index is 0.155. The van der Waals surface area contributed by atoms with Gasteiger partial charge in [-0.2, -0.15) is 12.6 Å². The first kappa shape index (κ1) is 16.4. The summed E-state index contributed by atoms with van der Waals surface area (Å²) in [6.45, 7) is -0.442. The lowest BCUT2D eigenvalue weighted by atomic mass is 9.96. The van der Waals surface area contributed by atoms with Crippen LogP contribution in [0.4, 0.5) is 0 Å². The lowest BCUT2D eigenvalue weighted by Crippen LogP contribution is -2.49. The molecule has 1 unspecified atom stereocenters. The molecule has 0 amide bonds. The van der Waals surface area contributed by atoms with Crippen LogP contribution in [-0.4, -0.2) is 61.8 Å². The van der Waals surface area contributed by atoms with Crippen molar-refractivity contribution >= 4 is 12.6 Å². The Morgan fingerprint density at radius 2 is 1.47 bits per heavy atom. The summed E-state index contributed by atoms with van der Waals surface area (Å²) in [5.74, 6) is 0. The molecule has 6 heteroatoms. The Morgan fingerprint density at radius 1 is 0.895 bits per heavy atom. The number of aliphatic hydroxyl groups excluding tert-OH is 5. The fourth-order valence-electron chi connectivity index (χ4n) is 1.74. The van der Waals surface area contributed by atoms with Crippen LogP contribution in [0.2, 0.25) is 0 Å². The molecule has 0 aliphatic heterocycles. The summed E-state index contributed by atoms with van der Waals surface area (Å²) in [5, 5.41) is 46.9. The van der Waals surface area contributed by atoms with Gasteiger partial charge in [0, 0.05) is 6.42 Å². The van der Waals surface area contributed by atoms with Crippen molar-refractivity contribution in [3.63, 3.8) is 0 Å². The summed E-state index contributed by atoms with van der Waals surface area (Å²) in [5.41, 5.74) is 0.806. The quantitative estimate of drug-likeness (QED) is 0.360. The second kappa shape index (κ2) is 7.84. The van der Waals surface area contributed by atoms with Gasteiger partial charge >= 0.3 is 0 Å². The third-order valence-corrected chi connectivity index (χ3v) is 3.43. The van der Waals surface area contributed by atoms with Crippen molar-refractivity contribution in [3.05, 3.63) is 35.9 Å². The predicted molar refractivity (Wildman–Crippen MR) is 74.0 cm³/mol. The summed E-state index contributed by atoms with van der Waals surface area (Å²) in [4.78, 5) is 0. The molecule has 1 rings (SSSR count). The van der Waals surface area contributed by atoms with Crippen molar-refractivity contribution in [2.75, 3.05) is 6.61 Å². The van der Waals surface area contributed by atoms with Crippen LogP contribution in [0.1, 0.15) is 5.56 Å². The van der Waals surface area contributed by atoms with Crippen LogP contribution < -0.4 is 0 Å². The highest BCUT2D eigenvalue weighted by molar-refractivity contribution is 7.81. The Kier molecular flexibility index (Phi) is 6.78. The maximum absolute atomic E-state index is 9.84. The summed E-state index contributed by atoms with van der Waals surface area (Å²) >= 11 is 3.87. The van der Waals surface area contributed by atoms with Crippen LogP contribution >= 0.6 is 12.6 Å². The van der Waals surface area contributed by atoms with Crippen LogP contribution in [0.5, 0.6) is 0 Å². The Morgan fingerprint density at radius 3 is 2.00 bits per heavy atom. The lowest BCUT2D eigenvalue weighted by Gasteiger charge is -2.28. The molecular weight excluding hydrogens is 268 g/mol. The number of aliphatic hydroxyl groups is 5. The minimum Gasteiger partial charge on any atom is -0.395 e. The predicted octanol–water partition coefficient (Wildman–Crippen LogP) is -1.04. The van der Waals surface area contributed by atoms with E-state index in [1.54, 1.807) is 24.3 Å². The van der Waals surface area contributed by atoms with E-state index < -0.39 is 36.3 Å². The van der Waals surface area contributed by atoms with E-state index in [-0.39, 0.29) is 6.42 Å². The molecule has 108 valence electrons. The Bertz CT molecular complexity index is 361. The van der Waals surface area contributed by atoms with Crippen molar-refractivity contribution in [1.82, 2.24) is 0 Å². The Hall–Kier alpha value is -0.630. The van der Waals surface area contributed by atoms with Crippen molar-refractivity contribution in [2.24, 2.45) is 0 Å². The molecule has 0 fully saturated rings. The van der Waals surface area contributed by atoms with Gasteiger partial charge in [-0.05, 0) is 5.56 Å². The van der Waals surface area contributed by atoms with Crippen LogP contribution in [0, 0.1) is 0 Å². The monoisotopic (exact) mass is 288 g/mol. The fraction of sp³-hybridized carbons (Fsp3) is 0.538. The number of hydrogen-bond acceptors (Lipinski definition) is 6. The second-order valence-corrected chi connectivity index (χ2v) is 5.14. The fourth-order valence-corrected chi connectivity index (χ4v) is 1.92. The van der Waals surface area contributed by atoms with Gasteiger partial charge in [0.05, 0.1) is 24.1 Å². The SMILES string of the molecule is OC[C@@H](S)[C@@H](O)[C@H](O)[C@@H](O)C(O)Cc1ccccc1. The molecule has 0 radical (unpaired) electrons. The Labute approximate surface area is 117 Å². The van der Waals surface area contributed by atoms with Gasteiger partial charge in [-0.15, -0.1) is 0 Å². The summed E-state index contributed by atoms with van der Waals surface area (Å²) in [6, 6.07) is 9.00. The first-order valence-corrected chi connectivity index (χ1v) is 6.54. The van der Waals surface area contributed by atoms with E-state index in [1.807, 2.05) is 6.07 Å². The van der Waals surface area contributed by atoms with E-state index in [0.29, 0.717) is 0 Å². The highest BCUT2D eigenvalue weighted by Crippen LogP contribution is 2.14. The first-order chi connectivity index (χ1) is 8.97. The topological polar surface area (TPSA) is 101 Å². The van der Waals surface area contributed by atoms with Gasteiger partial charge in [-0.3, -0.25) is 0 Å². The van der Waals surface area contributed by atoms with Gasteiger partial charge in [-0.1, -0.05) is 30.3 Å². The average Bonchev–Trinajstić information content (AvgIpc) is 2.44. The highest BCUT2D eigenvalue weighted by atomic mass is 32.1. The van der Waals surface area contributed by atoms with Crippen LogP contribution in [0.3, 0.4) is 0 Å². The van der Waals surface area contributed by atoms with E-state index in [1.165, 1.54) is 0 Å². The maximum Gasteiger partial charge on any atom is 0.109 e. The van der Waals surface area contributed by atoms with Gasteiger partial charge in [0.2, 0.25) is 0 Å². The lowest BCUT2D eigenvalue weighted by molar-refractivity contribution is -0.106. The summed E-state index contributed by atoms with van der Waals surface area (Å²) in [6.07, 6.45) is -5.58. The molecule has 5 N–H and O–H groups in total. The molecule has 19 heavy (non-hydrogen) atoms. The van der Waals surface area contributed by atoms with Crippen molar-refractivity contribution in [1.29, 1.82) is 0 Å². The molecule has 0 heterocycles. The molecule has 1 aromatic rings. The zero-order chi connectivity index (χ0) is 14.4. The number of thiol groups is 1. The maximum atomic E-state index is 9.84. The highest BCUT2D eigenvalue weighted by Gasteiger charge is 2.33. The van der Waals surface area contributed by atoms with E-state index in [9.17, 15) is 20.4 Å². The first-order valence-electron chi connectivity index (χ1n) is 6.02.